The average molecular weight is 449 g/mol. The fraction of sp³-hybridized carbons (Fsp3) is 0.318. The molecule has 0 spiro atoms. The number of morpholine rings is 1. The lowest BCUT2D eigenvalue weighted by atomic mass is 10.2. The third-order valence-corrected chi connectivity index (χ3v) is 6.27. The zero-order valence-corrected chi connectivity index (χ0v) is 19.1. The highest BCUT2D eigenvalue weighted by molar-refractivity contribution is 7.14. The van der Waals surface area contributed by atoms with E-state index in [1.165, 1.54) is 5.56 Å². The van der Waals surface area contributed by atoms with Crippen LogP contribution in [0, 0.1) is 20.8 Å². The second kappa shape index (κ2) is 8.64. The van der Waals surface area contributed by atoms with E-state index >= 15 is 0 Å². The number of aryl methyl sites for hydroxylation is 3. The number of anilines is 2. The first-order valence-electron chi connectivity index (χ1n) is 10.5. The minimum absolute atomic E-state index is 0.568. The second-order valence-electron chi connectivity index (χ2n) is 7.67. The molecule has 164 valence electrons. The number of nitrogens with one attached hydrogen (secondary N) is 1. The van der Waals surface area contributed by atoms with E-state index in [0.717, 1.165) is 40.0 Å². The number of hydrogen-bond donors (Lipinski definition) is 1. The molecular formula is C22H24N8OS. The molecule has 5 rings (SSSR count). The standard InChI is InChI=1S/C22H24N8OS/c1-14-5-4-6-17(11-14)12-24-28-19-18-20(27-22(26-19)29-7-9-31-10-8-29)30(13-23-18)21-15(2)25-16(3)32-21/h4-6,11-13H,7-10H2,1-3H3,(H,26,27,28)/b24-12+. The molecule has 1 aliphatic rings. The van der Waals surface area contributed by atoms with Gasteiger partial charge >= 0.3 is 0 Å². The van der Waals surface area contributed by atoms with Gasteiger partial charge in [0.05, 0.1) is 30.1 Å². The molecule has 3 aromatic heterocycles. The van der Waals surface area contributed by atoms with Crippen LogP contribution in [-0.4, -0.2) is 57.0 Å². The molecular weight excluding hydrogens is 424 g/mol. The van der Waals surface area contributed by atoms with Gasteiger partial charge in [0.25, 0.3) is 0 Å². The number of imidazole rings is 1. The lowest BCUT2D eigenvalue weighted by molar-refractivity contribution is 0.122. The van der Waals surface area contributed by atoms with Crippen molar-refractivity contribution in [2.24, 2.45) is 5.10 Å². The Kier molecular flexibility index (Phi) is 5.54. The molecule has 0 saturated carbocycles. The lowest BCUT2D eigenvalue weighted by Gasteiger charge is -2.27. The van der Waals surface area contributed by atoms with Crippen molar-refractivity contribution in [2.45, 2.75) is 20.8 Å². The summed E-state index contributed by atoms with van der Waals surface area (Å²) in [5.41, 5.74) is 7.62. The molecule has 0 radical (unpaired) electrons. The highest BCUT2D eigenvalue weighted by atomic mass is 32.1. The lowest BCUT2D eigenvalue weighted by Crippen LogP contribution is -2.37. The van der Waals surface area contributed by atoms with Gasteiger partial charge in [0.1, 0.15) is 11.3 Å². The van der Waals surface area contributed by atoms with Gasteiger partial charge in [-0.05, 0) is 26.3 Å². The molecule has 0 unspecified atom stereocenters. The number of rotatable bonds is 5. The number of hydrazone groups is 1. The zero-order valence-electron chi connectivity index (χ0n) is 18.2. The summed E-state index contributed by atoms with van der Waals surface area (Å²) in [4.78, 5) is 20.9. The smallest absolute Gasteiger partial charge is 0.229 e. The molecule has 9 nitrogen and oxygen atoms in total. The van der Waals surface area contributed by atoms with Crippen LogP contribution in [0.5, 0.6) is 0 Å². The maximum Gasteiger partial charge on any atom is 0.229 e. The van der Waals surface area contributed by atoms with Gasteiger partial charge in [0.2, 0.25) is 5.95 Å². The summed E-state index contributed by atoms with van der Waals surface area (Å²) in [5, 5.41) is 6.43. The normalized spacial score (nSPS) is 14.5. The maximum absolute atomic E-state index is 5.50. The number of fused-ring (bicyclic) bond motifs is 1. The summed E-state index contributed by atoms with van der Waals surface area (Å²) in [6.07, 6.45) is 3.56. The van der Waals surface area contributed by atoms with Crippen LogP contribution in [0.4, 0.5) is 11.8 Å². The molecule has 1 fully saturated rings. The molecule has 0 bridgehead atoms. The van der Waals surface area contributed by atoms with Gasteiger partial charge in [0.15, 0.2) is 17.0 Å². The Morgan fingerprint density at radius 3 is 2.72 bits per heavy atom. The Hall–Kier alpha value is -3.37. The molecule has 0 amide bonds. The fourth-order valence-electron chi connectivity index (χ4n) is 3.68. The van der Waals surface area contributed by atoms with Crippen molar-refractivity contribution in [3.8, 4) is 5.00 Å². The maximum atomic E-state index is 5.50. The largest absolute Gasteiger partial charge is 0.378 e. The van der Waals surface area contributed by atoms with Gasteiger partial charge in [0, 0.05) is 13.1 Å². The highest BCUT2D eigenvalue weighted by Crippen LogP contribution is 2.29. The van der Waals surface area contributed by atoms with Crippen LogP contribution in [0.15, 0.2) is 35.7 Å². The van der Waals surface area contributed by atoms with E-state index in [2.05, 4.69) is 44.5 Å². The molecule has 4 heterocycles. The van der Waals surface area contributed by atoms with E-state index in [1.54, 1.807) is 23.9 Å². The summed E-state index contributed by atoms with van der Waals surface area (Å²) in [5.74, 6) is 1.20. The van der Waals surface area contributed by atoms with Crippen molar-refractivity contribution >= 4 is 40.5 Å². The van der Waals surface area contributed by atoms with E-state index in [0.29, 0.717) is 30.5 Å². The van der Waals surface area contributed by atoms with Crippen LogP contribution in [0.3, 0.4) is 0 Å². The van der Waals surface area contributed by atoms with E-state index in [9.17, 15) is 0 Å². The number of nitrogens with zero attached hydrogens (tertiary/aromatic N) is 7. The second-order valence-corrected chi connectivity index (χ2v) is 8.85. The van der Waals surface area contributed by atoms with E-state index in [4.69, 9.17) is 14.7 Å². The first-order valence-corrected chi connectivity index (χ1v) is 11.3. The van der Waals surface area contributed by atoms with E-state index in [1.807, 2.05) is 30.5 Å². The summed E-state index contributed by atoms with van der Waals surface area (Å²) >= 11 is 1.62. The summed E-state index contributed by atoms with van der Waals surface area (Å²) < 4.78 is 7.48. The molecule has 10 heteroatoms. The van der Waals surface area contributed by atoms with E-state index in [-0.39, 0.29) is 0 Å². The summed E-state index contributed by atoms with van der Waals surface area (Å²) in [6, 6.07) is 8.15. The third-order valence-electron chi connectivity index (χ3n) is 5.20. The molecule has 1 saturated heterocycles. The van der Waals surface area contributed by atoms with Gasteiger partial charge in [-0.1, -0.05) is 29.8 Å². The Morgan fingerprint density at radius 2 is 1.97 bits per heavy atom. The predicted octanol–water partition coefficient (Wildman–Crippen LogP) is 3.48. The third kappa shape index (κ3) is 4.06. The van der Waals surface area contributed by atoms with Crippen LogP contribution in [0.2, 0.25) is 0 Å². The molecule has 1 N–H and O–H groups in total. The van der Waals surface area contributed by atoms with Gasteiger partial charge in [-0.3, -0.25) is 9.99 Å². The number of benzene rings is 1. The van der Waals surface area contributed by atoms with Crippen molar-refractivity contribution in [1.29, 1.82) is 0 Å². The van der Waals surface area contributed by atoms with Crippen LogP contribution in [0.25, 0.3) is 16.2 Å². The molecule has 1 aromatic carbocycles. The minimum Gasteiger partial charge on any atom is -0.378 e. The molecule has 4 aromatic rings. The van der Waals surface area contributed by atoms with Crippen LogP contribution in [0.1, 0.15) is 21.8 Å². The predicted molar refractivity (Wildman–Crippen MR) is 127 cm³/mol. The first-order chi connectivity index (χ1) is 15.6. The Morgan fingerprint density at radius 1 is 1.12 bits per heavy atom. The van der Waals surface area contributed by atoms with Crippen molar-refractivity contribution in [3.05, 3.63) is 52.4 Å². The average Bonchev–Trinajstić information content (AvgIpc) is 3.36. The molecule has 1 aliphatic heterocycles. The monoisotopic (exact) mass is 448 g/mol. The van der Waals surface area contributed by atoms with Crippen molar-refractivity contribution in [3.63, 3.8) is 0 Å². The molecule has 32 heavy (non-hydrogen) atoms. The Bertz CT molecular complexity index is 1290. The van der Waals surface area contributed by atoms with Gasteiger partial charge in [-0.25, -0.2) is 9.97 Å². The molecule has 0 aliphatic carbocycles. The summed E-state index contributed by atoms with van der Waals surface area (Å²) in [7, 11) is 0. The van der Waals surface area contributed by atoms with Crippen LogP contribution >= 0.6 is 11.3 Å². The highest BCUT2D eigenvalue weighted by Gasteiger charge is 2.21. The van der Waals surface area contributed by atoms with Crippen molar-refractivity contribution < 1.29 is 4.74 Å². The van der Waals surface area contributed by atoms with Crippen molar-refractivity contribution in [2.75, 3.05) is 36.6 Å². The van der Waals surface area contributed by atoms with Gasteiger partial charge in [-0.15, -0.1) is 11.3 Å². The number of aromatic nitrogens is 5. The SMILES string of the molecule is Cc1cccc(/C=N/Nc2nc(N3CCOCC3)nc3c2ncn3-c2sc(C)nc2C)c1. The Balaban J connectivity index is 1.56. The summed E-state index contributed by atoms with van der Waals surface area (Å²) in [6.45, 7) is 8.85. The fourth-order valence-corrected chi connectivity index (χ4v) is 4.57. The number of ether oxygens (including phenoxy) is 1. The van der Waals surface area contributed by atoms with Gasteiger partial charge < -0.3 is 9.64 Å². The van der Waals surface area contributed by atoms with Crippen molar-refractivity contribution in [1.82, 2.24) is 24.5 Å². The topological polar surface area (TPSA) is 93.4 Å². The minimum atomic E-state index is 0.568. The van der Waals surface area contributed by atoms with Gasteiger partial charge in [-0.2, -0.15) is 15.1 Å². The molecule has 0 atom stereocenters. The van der Waals surface area contributed by atoms with E-state index < -0.39 is 0 Å². The van der Waals surface area contributed by atoms with Crippen LogP contribution in [-0.2, 0) is 4.74 Å². The zero-order chi connectivity index (χ0) is 22.1. The first kappa shape index (κ1) is 20.5. The quantitative estimate of drug-likeness (QED) is 0.369. The number of thiazole rings is 1. The van der Waals surface area contributed by atoms with Crippen LogP contribution < -0.4 is 10.3 Å². The number of hydrogen-bond acceptors (Lipinski definition) is 9. The Labute approximate surface area is 189 Å².